The van der Waals surface area contributed by atoms with E-state index < -0.39 is 0 Å². The maximum absolute atomic E-state index is 10.5. The fourth-order valence-electron chi connectivity index (χ4n) is 3.96. The third kappa shape index (κ3) is 3.53. The first-order valence-corrected chi connectivity index (χ1v) is 9.68. The molecule has 0 saturated carbocycles. The molecule has 1 heterocycles. The predicted molar refractivity (Wildman–Crippen MR) is 108 cm³/mol. The van der Waals surface area contributed by atoms with Gasteiger partial charge in [-0.2, -0.15) is 5.10 Å². The zero-order chi connectivity index (χ0) is 19.0. The Morgan fingerprint density at radius 3 is 2.70 bits per heavy atom. The van der Waals surface area contributed by atoms with Crippen LogP contribution in [0.3, 0.4) is 0 Å². The quantitative estimate of drug-likeness (QED) is 0.703. The normalized spacial score (nSPS) is 18.7. The van der Waals surface area contributed by atoms with Gasteiger partial charge in [0.2, 0.25) is 0 Å². The lowest BCUT2D eigenvalue weighted by molar-refractivity contribution is 0.140. The lowest BCUT2D eigenvalue weighted by atomic mass is 10.1. The van der Waals surface area contributed by atoms with Crippen LogP contribution >= 0.6 is 11.6 Å². The molecule has 3 aromatic rings. The summed E-state index contributed by atoms with van der Waals surface area (Å²) in [6, 6.07) is 16.1. The van der Waals surface area contributed by atoms with Crippen molar-refractivity contribution in [2.75, 3.05) is 0 Å². The summed E-state index contributed by atoms with van der Waals surface area (Å²) in [4.78, 5) is 0. The lowest BCUT2D eigenvalue weighted by Crippen LogP contribution is -2.28. The Labute approximate surface area is 164 Å². The van der Waals surface area contributed by atoms with Gasteiger partial charge < -0.3 is 10.4 Å². The molecule has 0 unspecified atom stereocenters. The van der Waals surface area contributed by atoms with Crippen LogP contribution in [0.5, 0.6) is 0 Å². The number of fused-ring (bicyclic) bond motifs is 1. The molecule has 2 atom stereocenters. The zero-order valence-electron chi connectivity index (χ0n) is 15.6. The molecule has 0 spiro atoms. The Bertz CT molecular complexity index is 966. The van der Waals surface area contributed by atoms with E-state index >= 15 is 0 Å². The highest BCUT2D eigenvalue weighted by Crippen LogP contribution is 2.31. The number of benzene rings is 2. The van der Waals surface area contributed by atoms with Crippen molar-refractivity contribution in [3.05, 3.63) is 87.2 Å². The number of aromatic nitrogens is 2. The lowest BCUT2D eigenvalue weighted by Gasteiger charge is -2.18. The second-order valence-corrected chi connectivity index (χ2v) is 7.63. The molecule has 0 radical (unpaired) electrons. The van der Waals surface area contributed by atoms with E-state index in [4.69, 9.17) is 16.7 Å². The standard InChI is InChI=1S/C22H24ClN3O/c1-14-19(12-24-22-18-9-5-3-7-16(18)11-21(22)27)15(2)26(25-14)13-17-8-4-6-10-20(17)23/h3-10,21-22,24,27H,11-13H2,1-2H3/t21-,22+/m0/s1. The number of rotatable bonds is 5. The fraction of sp³-hybridized carbons (Fsp3) is 0.318. The van der Waals surface area contributed by atoms with Crippen molar-refractivity contribution in [1.29, 1.82) is 0 Å². The number of halogens is 1. The van der Waals surface area contributed by atoms with Crippen LogP contribution in [0.4, 0.5) is 0 Å². The number of nitrogens with zero attached hydrogens (tertiary/aromatic N) is 2. The van der Waals surface area contributed by atoms with E-state index in [0.29, 0.717) is 19.5 Å². The summed E-state index contributed by atoms with van der Waals surface area (Å²) in [5, 5.41) is 19.5. The molecule has 140 valence electrons. The van der Waals surface area contributed by atoms with Crippen LogP contribution in [0.2, 0.25) is 5.02 Å². The van der Waals surface area contributed by atoms with Crippen LogP contribution in [-0.4, -0.2) is 21.0 Å². The van der Waals surface area contributed by atoms with Gasteiger partial charge >= 0.3 is 0 Å². The Morgan fingerprint density at radius 1 is 1.15 bits per heavy atom. The first-order valence-electron chi connectivity index (χ1n) is 9.30. The minimum absolute atomic E-state index is 0.0353. The number of aryl methyl sites for hydroxylation is 1. The number of hydrogen-bond donors (Lipinski definition) is 2. The molecule has 2 aromatic carbocycles. The summed E-state index contributed by atoms with van der Waals surface area (Å²) in [5.74, 6) is 0. The van der Waals surface area contributed by atoms with E-state index in [0.717, 1.165) is 22.0 Å². The van der Waals surface area contributed by atoms with Crippen molar-refractivity contribution in [1.82, 2.24) is 15.1 Å². The average Bonchev–Trinajstić information content (AvgIpc) is 3.11. The highest BCUT2D eigenvalue weighted by molar-refractivity contribution is 6.31. The summed E-state index contributed by atoms with van der Waals surface area (Å²) in [5.41, 5.74) is 6.80. The van der Waals surface area contributed by atoms with Gasteiger partial charge in [-0.1, -0.05) is 54.1 Å². The Balaban J connectivity index is 1.52. The molecule has 0 fully saturated rings. The molecule has 1 aliphatic carbocycles. The highest BCUT2D eigenvalue weighted by Gasteiger charge is 2.30. The minimum Gasteiger partial charge on any atom is -0.391 e. The maximum atomic E-state index is 10.5. The Hall–Kier alpha value is -2.14. The molecule has 4 rings (SSSR count). The van der Waals surface area contributed by atoms with E-state index in [1.165, 1.54) is 16.7 Å². The number of nitrogens with one attached hydrogen (secondary N) is 1. The van der Waals surface area contributed by atoms with Gasteiger partial charge in [-0.15, -0.1) is 0 Å². The van der Waals surface area contributed by atoms with Crippen molar-refractivity contribution in [3.63, 3.8) is 0 Å². The maximum Gasteiger partial charge on any atom is 0.0775 e. The second-order valence-electron chi connectivity index (χ2n) is 7.23. The van der Waals surface area contributed by atoms with E-state index in [-0.39, 0.29) is 12.1 Å². The molecule has 0 saturated heterocycles. The van der Waals surface area contributed by atoms with Crippen molar-refractivity contribution >= 4 is 11.6 Å². The highest BCUT2D eigenvalue weighted by atomic mass is 35.5. The molecule has 27 heavy (non-hydrogen) atoms. The number of aliphatic hydroxyl groups is 1. The van der Waals surface area contributed by atoms with Crippen LogP contribution in [0.1, 0.15) is 39.7 Å². The van der Waals surface area contributed by atoms with Gasteiger partial charge in [0.25, 0.3) is 0 Å². The first kappa shape index (κ1) is 18.2. The molecule has 0 bridgehead atoms. The molecule has 2 N–H and O–H groups in total. The second kappa shape index (κ2) is 7.47. The van der Waals surface area contributed by atoms with Crippen molar-refractivity contribution in [3.8, 4) is 0 Å². The van der Waals surface area contributed by atoms with Gasteiger partial charge in [-0.3, -0.25) is 4.68 Å². The third-order valence-corrected chi connectivity index (χ3v) is 5.88. The van der Waals surface area contributed by atoms with Crippen LogP contribution in [0.25, 0.3) is 0 Å². The summed E-state index contributed by atoms with van der Waals surface area (Å²) >= 11 is 6.30. The van der Waals surface area contributed by atoms with Crippen molar-refractivity contribution in [2.24, 2.45) is 0 Å². The van der Waals surface area contributed by atoms with Crippen LogP contribution < -0.4 is 5.32 Å². The zero-order valence-corrected chi connectivity index (χ0v) is 16.4. The smallest absolute Gasteiger partial charge is 0.0775 e. The van der Waals surface area contributed by atoms with E-state index in [1.54, 1.807) is 0 Å². The molecular weight excluding hydrogens is 358 g/mol. The molecule has 4 nitrogen and oxygen atoms in total. The topological polar surface area (TPSA) is 50.1 Å². The van der Waals surface area contributed by atoms with Crippen molar-refractivity contribution < 1.29 is 5.11 Å². The summed E-state index contributed by atoms with van der Waals surface area (Å²) in [7, 11) is 0. The Kier molecular flexibility index (Phi) is 5.04. The number of hydrogen-bond acceptors (Lipinski definition) is 3. The summed E-state index contributed by atoms with van der Waals surface area (Å²) in [6.45, 7) is 5.45. The Morgan fingerprint density at radius 2 is 1.89 bits per heavy atom. The van der Waals surface area contributed by atoms with E-state index in [9.17, 15) is 5.11 Å². The van der Waals surface area contributed by atoms with Gasteiger partial charge in [-0.25, -0.2) is 0 Å². The van der Waals surface area contributed by atoms with E-state index in [2.05, 4.69) is 24.4 Å². The molecule has 0 amide bonds. The molecule has 1 aliphatic rings. The van der Waals surface area contributed by atoms with Gasteiger partial charge in [-0.05, 0) is 36.6 Å². The molecule has 1 aromatic heterocycles. The van der Waals surface area contributed by atoms with Crippen LogP contribution in [0, 0.1) is 13.8 Å². The predicted octanol–water partition coefficient (Wildman–Crippen LogP) is 3.95. The number of aliphatic hydroxyl groups excluding tert-OH is 1. The third-order valence-electron chi connectivity index (χ3n) is 5.51. The van der Waals surface area contributed by atoms with Crippen LogP contribution in [0.15, 0.2) is 48.5 Å². The van der Waals surface area contributed by atoms with E-state index in [1.807, 2.05) is 48.0 Å². The molecule has 0 aliphatic heterocycles. The molecule has 5 heteroatoms. The van der Waals surface area contributed by atoms with Crippen LogP contribution in [-0.2, 0) is 19.5 Å². The van der Waals surface area contributed by atoms with Gasteiger partial charge in [0.1, 0.15) is 0 Å². The molecular formula is C22H24ClN3O. The average molecular weight is 382 g/mol. The van der Waals surface area contributed by atoms with Gasteiger partial charge in [0.05, 0.1) is 24.4 Å². The SMILES string of the molecule is Cc1nn(Cc2ccccc2Cl)c(C)c1CN[C@@H]1c2ccccc2C[C@@H]1O. The van der Waals surface area contributed by atoms with Crippen molar-refractivity contribution in [2.45, 2.75) is 45.5 Å². The minimum atomic E-state index is -0.388. The monoisotopic (exact) mass is 381 g/mol. The largest absolute Gasteiger partial charge is 0.391 e. The van der Waals surface area contributed by atoms with Gasteiger partial charge in [0, 0.05) is 29.2 Å². The summed E-state index contributed by atoms with van der Waals surface area (Å²) in [6.07, 6.45) is 0.318. The van der Waals surface area contributed by atoms with Gasteiger partial charge in [0.15, 0.2) is 0 Å². The fourth-order valence-corrected chi connectivity index (χ4v) is 4.16. The summed E-state index contributed by atoms with van der Waals surface area (Å²) < 4.78 is 2.01. The first-order chi connectivity index (χ1) is 13.0.